The quantitative estimate of drug-likeness (QED) is 0.262. The zero-order valence-corrected chi connectivity index (χ0v) is 16.6. The molecule has 2 aromatic carbocycles. The molecule has 0 saturated heterocycles. The summed E-state index contributed by atoms with van der Waals surface area (Å²) in [4.78, 5) is 24.8. The van der Waals surface area contributed by atoms with Crippen LogP contribution >= 0.6 is 0 Å². The Morgan fingerprint density at radius 3 is 2.38 bits per heavy atom. The lowest BCUT2D eigenvalue weighted by atomic mass is 10.0. The van der Waals surface area contributed by atoms with Crippen molar-refractivity contribution >= 4 is 11.9 Å². The molecule has 0 aliphatic rings. The first-order chi connectivity index (χ1) is 14.0. The average molecular weight is 400 g/mol. The van der Waals surface area contributed by atoms with Gasteiger partial charge in [0.05, 0.1) is 5.56 Å². The lowest BCUT2D eigenvalue weighted by molar-refractivity contribution is 0.103. The lowest BCUT2D eigenvalue weighted by Crippen LogP contribution is -2.28. The summed E-state index contributed by atoms with van der Waals surface area (Å²) in [7, 11) is 0. The summed E-state index contributed by atoms with van der Waals surface area (Å²) in [6.45, 7) is 2.88. The number of phenolic OH excluding ortho intramolecular Hbond substituents is 1. The highest BCUT2D eigenvalue weighted by molar-refractivity contribution is 6.11. The number of phenols is 1. The summed E-state index contributed by atoms with van der Waals surface area (Å²) in [5.41, 5.74) is 0.670. The molecule has 1 atom stereocenters. The highest BCUT2D eigenvalue weighted by Gasteiger charge is 2.17. The highest BCUT2D eigenvalue weighted by atomic mass is 16.6. The van der Waals surface area contributed by atoms with Crippen LogP contribution in [0.3, 0.4) is 0 Å². The molecule has 0 aliphatic heterocycles. The van der Waals surface area contributed by atoms with Gasteiger partial charge < -0.3 is 20.3 Å². The molecule has 0 bridgehead atoms. The summed E-state index contributed by atoms with van der Waals surface area (Å²) in [5, 5.41) is 24.4. The Kier molecular flexibility index (Phi) is 9.14. The van der Waals surface area contributed by atoms with Crippen molar-refractivity contribution in [1.82, 2.24) is 10.6 Å². The third kappa shape index (κ3) is 7.93. The van der Waals surface area contributed by atoms with Crippen LogP contribution in [0.4, 0.5) is 4.79 Å². The molecule has 0 fully saturated rings. The Balaban J connectivity index is 1.82. The molecule has 0 spiro atoms. The van der Waals surface area contributed by atoms with E-state index in [1.165, 1.54) is 18.2 Å². The first kappa shape index (κ1) is 22.4. The minimum Gasteiger partial charge on any atom is -0.508 e. The van der Waals surface area contributed by atoms with Gasteiger partial charge in [-0.05, 0) is 38.4 Å². The number of ether oxygens (including phenoxy) is 1. The van der Waals surface area contributed by atoms with Crippen LogP contribution in [0, 0.1) is 0 Å². The Morgan fingerprint density at radius 2 is 1.69 bits per heavy atom. The third-order valence-corrected chi connectivity index (χ3v) is 4.26. The number of nitrogens with one attached hydrogen (secondary N) is 2. The Morgan fingerprint density at radius 1 is 1.00 bits per heavy atom. The second-order valence-electron chi connectivity index (χ2n) is 6.74. The number of rotatable bonds is 11. The number of ketones is 1. The van der Waals surface area contributed by atoms with Gasteiger partial charge in [0, 0.05) is 18.2 Å². The molecule has 7 heteroatoms. The largest absolute Gasteiger partial charge is 0.508 e. The van der Waals surface area contributed by atoms with E-state index in [9.17, 15) is 14.7 Å². The van der Waals surface area contributed by atoms with E-state index in [2.05, 4.69) is 10.6 Å². The highest BCUT2D eigenvalue weighted by Crippen LogP contribution is 2.26. The first-order valence-electron chi connectivity index (χ1n) is 9.77. The predicted molar refractivity (Wildman–Crippen MR) is 110 cm³/mol. The molecule has 2 aromatic rings. The van der Waals surface area contributed by atoms with Gasteiger partial charge in [-0.25, -0.2) is 4.79 Å². The summed E-state index contributed by atoms with van der Waals surface area (Å²) in [6.07, 6.45) is 2.49. The number of aromatic hydroxyl groups is 1. The van der Waals surface area contributed by atoms with Gasteiger partial charge in [0.1, 0.15) is 17.7 Å². The fraction of sp³-hybridized carbons (Fsp3) is 0.364. The topological polar surface area (TPSA) is 108 Å². The van der Waals surface area contributed by atoms with E-state index in [1.807, 2.05) is 6.07 Å². The van der Waals surface area contributed by atoms with Gasteiger partial charge in [-0.3, -0.25) is 10.1 Å². The Labute approximate surface area is 170 Å². The van der Waals surface area contributed by atoms with Gasteiger partial charge in [0.2, 0.25) is 0 Å². The number of carbonyl (C=O) groups excluding carboxylic acids is 2. The van der Waals surface area contributed by atoms with Gasteiger partial charge >= 0.3 is 6.09 Å². The molecule has 0 heterocycles. The van der Waals surface area contributed by atoms with Crippen molar-refractivity contribution in [2.45, 2.75) is 38.8 Å². The van der Waals surface area contributed by atoms with Gasteiger partial charge in [0.15, 0.2) is 5.78 Å². The van der Waals surface area contributed by atoms with Gasteiger partial charge in [-0.2, -0.15) is 0 Å². The van der Waals surface area contributed by atoms with E-state index in [-0.39, 0.29) is 22.8 Å². The number of hydrogen-bond donors (Lipinski definition) is 4. The van der Waals surface area contributed by atoms with Crippen molar-refractivity contribution in [2.24, 2.45) is 0 Å². The fourth-order valence-corrected chi connectivity index (χ4v) is 2.77. The van der Waals surface area contributed by atoms with Crippen molar-refractivity contribution < 1.29 is 24.5 Å². The number of carbonyl (C=O) groups is 2. The van der Waals surface area contributed by atoms with Crippen molar-refractivity contribution in [1.29, 1.82) is 0 Å². The second kappa shape index (κ2) is 11.8. The van der Waals surface area contributed by atoms with E-state index in [0.29, 0.717) is 12.1 Å². The van der Waals surface area contributed by atoms with Crippen LogP contribution in [0.1, 0.15) is 48.5 Å². The molecular formula is C22H28N2O5. The molecule has 0 aromatic heterocycles. The van der Waals surface area contributed by atoms with Crippen molar-refractivity contribution in [3.8, 4) is 11.5 Å². The molecule has 4 N–H and O–H groups in total. The molecule has 0 radical (unpaired) electrons. The number of benzene rings is 2. The minimum absolute atomic E-state index is 0.0144. The van der Waals surface area contributed by atoms with Crippen LogP contribution in [-0.4, -0.2) is 41.4 Å². The standard InChI is InChI=1S/C22H28N2O5/c1-16(25)23-13-7-2-3-8-14-24-22(28)29-20-15-18(26)11-12-19(20)21(27)17-9-5-4-6-10-17/h4-6,9-12,15-16,23,25-26H,2-3,7-8,13-14H2,1H3,(H,24,28). The molecule has 156 valence electrons. The number of aliphatic hydroxyl groups excluding tert-OH is 1. The number of hydrogen-bond acceptors (Lipinski definition) is 6. The van der Waals surface area contributed by atoms with Crippen LogP contribution < -0.4 is 15.4 Å². The van der Waals surface area contributed by atoms with E-state index < -0.39 is 12.3 Å². The SMILES string of the molecule is CC(O)NCCCCCCNC(=O)Oc1cc(O)ccc1C(=O)c1ccccc1. The van der Waals surface area contributed by atoms with Crippen LogP contribution in [0.25, 0.3) is 0 Å². The maximum absolute atomic E-state index is 12.7. The van der Waals surface area contributed by atoms with Crippen LogP contribution in [0.5, 0.6) is 11.5 Å². The summed E-state index contributed by atoms with van der Waals surface area (Å²) >= 11 is 0. The molecule has 1 unspecified atom stereocenters. The number of unbranched alkanes of at least 4 members (excludes halogenated alkanes) is 3. The fourth-order valence-electron chi connectivity index (χ4n) is 2.77. The summed E-state index contributed by atoms with van der Waals surface area (Å²) in [5.74, 6) is -0.372. The molecular weight excluding hydrogens is 372 g/mol. The van der Waals surface area contributed by atoms with Gasteiger partial charge in [-0.1, -0.05) is 43.2 Å². The normalized spacial score (nSPS) is 11.7. The average Bonchev–Trinajstić information content (AvgIpc) is 2.70. The van der Waals surface area contributed by atoms with E-state index in [4.69, 9.17) is 9.84 Å². The maximum atomic E-state index is 12.7. The van der Waals surface area contributed by atoms with Gasteiger partial charge in [-0.15, -0.1) is 0 Å². The van der Waals surface area contributed by atoms with Crippen molar-refractivity contribution in [3.05, 3.63) is 59.7 Å². The Hall–Kier alpha value is -2.90. The molecule has 1 amide bonds. The first-order valence-corrected chi connectivity index (χ1v) is 9.77. The van der Waals surface area contributed by atoms with E-state index in [0.717, 1.165) is 32.2 Å². The second-order valence-corrected chi connectivity index (χ2v) is 6.74. The zero-order chi connectivity index (χ0) is 21.1. The van der Waals surface area contributed by atoms with Crippen LogP contribution in [0.15, 0.2) is 48.5 Å². The maximum Gasteiger partial charge on any atom is 0.412 e. The van der Waals surface area contributed by atoms with E-state index >= 15 is 0 Å². The molecule has 2 rings (SSSR count). The van der Waals surface area contributed by atoms with Gasteiger partial charge in [0.25, 0.3) is 0 Å². The molecule has 0 saturated carbocycles. The third-order valence-electron chi connectivity index (χ3n) is 4.26. The van der Waals surface area contributed by atoms with E-state index in [1.54, 1.807) is 31.2 Å². The Bertz CT molecular complexity index is 793. The summed E-state index contributed by atoms with van der Waals surface area (Å²) in [6, 6.07) is 12.7. The van der Waals surface area contributed by atoms with Crippen molar-refractivity contribution in [2.75, 3.05) is 13.1 Å². The smallest absolute Gasteiger partial charge is 0.412 e. The summed E-state index contributed by atoms with van der Waals surface area (Å²) < 4.78 is 5.27. The molecule has 0 aliphatic carbocycles. The van der Waals surface area contributed by atoms with Crippen LogP contribution in [-0.2, 0) is 0 Å². The van der Waals surface area contributed by atoms with Crippen LogP contribution in [0.2, 0.25) is 0 Å². The lowest BCUT2D eigenvalue weighted by Gasteiger charge is -2.11. The molecule has 7 nitrogen and oxygen atoms in total. The number of amides is 1. The minimum atomic E-state index is -0.673. The monoisotopic (exact) mass is 400 g/mol. The number of aliphatic hydroxyl groups is 1. The zero-order valence-electron chi connectivity index (χ0n) is 16.6. The molecule has 29 heavy (non-hydrogen) atoms. The van der Waals surface area contributed by atoms with Crippen molar-refractivity contribution in [3.63, 3.8) is 0 Å². The predicted octanol–water partition coefficient (Wildman–Crippen LogP) is 3.20.